The van der Waals surface area contributed by atoms with Gasteiger partial charge in [0.2, 0.25) is 5.91 Å². The second-order valence-electron chi connectivity index (χ2n) is 5.05. The minimum absolute atomic E-state index is 0.000787. The van der Waals surface area contributed by atoms with E-state index in [0.717, 1.165) is 31.6 Å². The summed E-state index contributed by atoms with van der Waals surface area (Å²) < 4.78 is 0. The number of carbonyl (C=O) groups is 1. The van der Waals surface area contributed by atoms with Crippen LogP contribution in [0.15, 0.2) is 24.3 Å². The molecule has 1 heterocycles. The zero-order valence-corrected chi connectivity index (χ0v) is 12.2. The van der Waals surface area contributed by atoms with Crippen LogP contribution >= 0.6 is 0 Å². The van der Waals surface area contributed by atoms with E-state index in [-0.39, 0.29) is 17.5 Å². The Morgan fingerprint density at radius 1 is 1.33 bits per heavy atom. The molecule has 1 aromatic carbocycles. The summed E-state index contributed by atoms with van der Waals surface area (Å²) in [7, 11) is 3.09. The average molecular weight is 293 g/mol. The fraction of sp³-hybridized carbons (Fsp3) is 0.500. The Bertz CT molecular complexity index is 509. The van der Waals surface area contributed by atoms with Crippen molar-refractivity contribution in [2.24, 2.45) is 5.92 Å². The molecule has 1 aliphatic heterocycles. The fourth-order valence-electron chi connectivity index (χ4n) is 2.52. The molecule has 0 unspecified atom stereocenters. The van der Waals surface area contributed by atoms with E-state index in [1.165, 1.54) is 24.3 Å². The topological polar surface area (TPSA) is 75.9 Å². The monoisotopic (exact) mass is 293 g/mol. The predicted octanol–water partition coefficient (Wildman–Crippen LogP) is 1.83. The SMILES string of the molecule is CON(C)C(=O)C1CCN(c2ccc([N+](=O)[O-])cc2)CC1. The third-order valence-electron chi connectivity index (χ3n) is 3.85. The number of amides is 1. The van der Waals surface area contributed by atoms with E-state index in [1.54, 1.807) is 19.2 Å². The quantitative estimate of drug-likeness (QED) is 0.625. The molecule has 0 radical (unpaired) electrons. The molecule has 1 saturated heterocycles. The summed E-state index contributed by atoms with van der Waals surface area (Å²) >= 11 is 0. The number of hydroxylamine groups is 2. The molecule has 1 aliphatic rings. The minimum Gasteiger partial charge on any atom is -0.371 e. The Hall–Kier alpha value is -2.15. The number of piperidine rings is 1. The van der Waals surface area contributed by atoms with Crippen molar-refractivity contribution in [3.8, 4) is 0 Å². The Kier molecular flexibility index (Phi) is 4.74. The van der Waals surface area contributed by atoms with Crippen molar-refractivity contribution in [3.63, 3.8) is 0 Å². The van der Waals surface area contributed by atoms with Gasteiger partial charge in [0, 0.05) is 43.9 Å². The largest absolute Gasteiger partial charge is 0.371 e. The van der Waals surface area contributed by atoms with Crippen LogP contribution in [-0.4, -0.2) is 43.1 Å². The molecular formula is C14H19N3O4. The zero-order valence-electron chi connectivity index (χ0n) is 12.2. The first-order chi connectivity index (χ1) is 10.0. The first kappa shape index (κ1) is 15.2. The lowest BCUT2D eigenvalue weighted by atomic mass is 9.95. The molecular weight excluding hydrogens is 274 g/mol. The van der Waals surface area contributed by atoms with Crippen LogP contribution in [0.2, 0.25) is 0 Å². The van der Waals surface area contributed by atoms with E-state index in [0.29, 0.717) is 0 Å². The molecule has 21 heavy (non-hydrogen) atoms. The molecule has 0 saturated carbocycles. The fourth-order valence-corrected chi connectivity index (χ4v) is 2.52. The number of nitrogens with zero attached hydrogens (tertiary/aromatic N) is 3. The van der Waals surface area contributed by atoms with Gasteiger partial charge in [-0.2, -0.15) is 0 Å². The maximum Gasteiger partial charge on any atom is 0.269 e. The highest BCUT2D eigenvalue weighted by molar-refractivity contribution is 5.78. The summed E-state index contributed by atoms with van der Waals surface area (Å²) in [6, 6.07) is 6.51. The van der Waals surface area contributed by atoms with Crippen LogP contribution in [0.1, 0.15) is 12.8 Å². The first-order valence-electron chi connectivity index (χ1n) is 6.84. The normalized spacial score (nSPS) is 15.8. The van der Waals surface area contributed by atoms with Gasteiger partial charge >= 0.3 is 0 Å². The minimum atomic E-state index is -0.407. The summed E-state index contributed by atoms with van der Waals surface area (Å²) in [5.41, 5.74) is 1.04. The highest BCUT2D eigenvalue weighted by atomic mass is 16.7. The highest BCUT2D eigenvalue weighted by Gasteiger charge is 2.27. The molecule has 114 valence electrons. The summed E-state index contributed by atoms with van der Waals surface area (Å²) in [5, 5.41) is 11.9. The van der Waals surface area contributed by atoms with Crippen molar-refractivity contribution in [3.05, 3.63) is 34.4 Å². The number of non-ortho nitro benzene ring substituents is 1. The lowest BCUT2D eigenvalue weighted by molar-refractivity contribution is -0.384. The summed E-state index contributed by atoms with van der Waals surface area (Å²) in [6.07, 6.45) is 1.51. The van der Waals surface area contributed by atoms with Crippen molar-refractivity contribution in [2.75, 3.05) is 32.1 Å². The lowest BCUT2D eigenvalue weighted by Crippen LogP contribution is -2.41. The van der Waals surface area contributed by atoms with Crippen LogP contribution in [0.5, 0.6) is 0 Å². The van der Waals surface area contributed by atoms with Crippen LogP contribution in [0.3, 0.4) is 0 Å². The van der Waals surface area contributed by atoms with Crippen molar-refractivity contribution in [1.29, 1.82) is 0 Å². The number of hydrogen-bond acceptors (Lipinski definition) is 5. The Labute approximate surface area is 123 Å². The molecule has 0 aromatic heterocycles. The molecule has 2 rings (SSSR count). The van der Waals surface area contributed by atoms with Gasteiger partial charge in [-0.3, -0.25) is 19.7 Å². The van der Waals surface area contributed by atoms with Gasteiger partial charge in [0.1, 0.15) is 0 Å². The molecule has 7 nitrogen and oxygen atoms in total. The summed E-state index contributed by atoms with van der Waals surface area (Å²) in [6.45, 7) is 1.51. The van der Waals surface area contributed by atoms with Gasteiger partial charge in [-0.05, 0) is 25.0 Å². The number of carbonyl (C=O) groups excluding carboxylic acids is 1. The maximum absolute atomic E-state index is 12.0. The van der Waals surface area contributed by atoms with E-state index in [1.807, 2.05) is 0 Å². The second kappa shape index (κ2) is 6.53. The van der Waals surface area contributed by atoms with Crippen LogP contribution in [-0.2, 0) is 9.63 Å². The molecule has 1 aromatic rings. The van der Waals surface area contributed by atoms with Gasteiger partial charge in [-0.1, -0.05) is 0 Å². The number of anilines is 1. The van der Waals surface area contributed by atoms with Gasteiger partial charge in [-0.15, -0.1) is 0 Å². The number of benzene rings is 1. The van der Waals surface area contributed by atoms with Gasteiger partial charge in [0.15, 0.2) is 0 Å². The highest BCUT2D eigenvalue weighted by Crippen LogP contribution is 2.26. The molecule has 0 N–H and O–H groups in total. The average Bonchev–Trinajstić information content (AvgIpc) is 2.53. The van der Waals surface area contributed by atoms with E-state index in [4.69, 9.17) is 4.84 Å². The van der Waals surface area contributed by atoms with E-state index < -0.39 is 4.92 Å². The van der Waals surface area contributed by atoms with Crippen LogP contribution in [0.25, 0.3) is 0 Å². The smallest absolute Gasteiger partial charge is 0.269 e. The lowest BCUT2D eigenvalue weighted by Gasteiger charge is -2.34. The third-order valence-corrected chi connectivity index (χ3v) is 3.85. The summed E-state index contributed by atoms with van der Waals surface area (Å²) in [4.78, 5) is 29.3. The molecule has 7 heteroatoms. The Morgan fingerprint density at radius 3 is 2.38 bits per heavy atom. The van der Waals surface area contributed by atoms with E-state index >= 15 is 0 Å². The molecule has 0 bridgehead atoms. The first-order valence-corrected chi connectivity index (χ1v) is 6.84. The van der Waals surface area contributed by atoms with Gasteiger partial charge in [0.25, 0.3) is 5.69 Å². The standard InChI is InChI=1S/C14H19N3O4/c1-15(21-2)14(18)11-7-9-16(10-8-11)12-3-5-13(6-4-12)17(19)20/h3-6,11H,7-10H2,1-2H3. The van der Waals surface area contributed by atoms with Crippen LogP contribution < -0.4 is 4.90 Å². The van der Waals surface area contributed by atoms with E-state index in [2.05, 4.69) is 4.90 Å². The second-order valence-corrected chi connectivity index (χ2v) is 5.05. The Morgan fingerprint density at radius 2 is 1.90 bits per heavy atom. The number of rotatable bonds is 4. The number of hydrogen-bond donors (Lipinski definition) is 0. The molecule has 0 atom stereocenters. The van der Waals surface area contributed by atoms with Gasteiger partial charge < -0.3 is 4.90 Å². The molecule has 0 aliphatic carbocycles. The number of nitro groups is 1. The maximum atomic E-state index is 12.0. The summed E-state index contributed by atoms with van der Waals surface area (Å²) in [5.74, 6) is -0.0231. The van der Waals surface area contributed by atoms with E-state index in [9.17, 15) is 14.9 Å². The molecule has 1 amide bonds. The third kappa shape index (κ3) is 3.49. The van der Waals surface area contributed by atoms with Gasteiger partial charge in [0.05, 0.1) is 12.0 Å². The van der Waals surface area contributed by atoms with Crippen molar-refractivity contribution < 1.29 is 14.6 Å². The van der Waals surface area contributed by atoms with Gasteiger partial charge in [-0.25, -0.2) is 5.06 Å². The zero-order chi connectivity index (χ0) is 15.4. The molecule has 1 fully saturated rings. The number of nitro benzene ring substituents is 1. The van der Waals surface area contributed by atoms with Crippen molar-refractivity contribution in [2.45, 2.75) is 12.8 Å². The van der Waals surface area contributed by atoms with Crippen molar-refractivity contribution in [1.82, 2.24) is 5.06 Å². The Balaban J connectivity index is 1.94. The predicted molar refractivity (Wildman–Crippen MR) is 77.8 cm³/mol. The van der Waals surface area contributed by atoms with Crippen molar-refractivity contribution >= 4 is 17.3 Å². The van der Waals surface area contributed by atoms with Crippen LogP contribution in [0.4, 0.5) is 11.4 Å². The molecule has 0 spiro atoms. The van der Waals surface area contributed by atoms with Crippen LogP contribution in [0, 0.1) is 16.0 Å².